The predicted octanol–water partition coefficient (Wildman–Crippen LogP) is 1.43. The van der Waals surface area contributed by atoms with Crippen LogP contribution in [0.5, 0.6) is 0 Å². The summed E-state index contributed by atoms with van der Waals surface area (Å²) < 4.78 is 5.36. The van der Waals surface area contributed by atoms with Crippen LogP contribution in [-0.4, -0.2) is 67.6 Å². The summed E-state index contributed by atoms with van der Waals surface area (Å²) in [6.45, 7) is 3.21. The Morgan fingerprint density at radius 1 is 1.29 bits per heavy atom. The van der Waals surface area contributed by atoms with Crippen LogP contribution in [0.2, 0.25) is 0 Å². The number of hydrogen-bond donors (Lipinski definition) is 0. The normalized spacial score (nSPS) is 19.5. The van der Waals surface area contributed by atoms with Gasteiger partial charge >= 0.3 is 0 Å². The van der Waals surface area contributed by atoms with Gasteiger partial charge in [0.15, 0.2) is 5.82 Å². The van der Waals surface area contributed by atoms with E-state index in [1.165, 1.54) is 18.8 Å². The molecule has 9 heteroatoms. The van der Waals surface area contributed by atoms with E-state index in [9.17, 15) is 9.59 Å². The third kappa shape index (κ3) is 3.88. The van der Waals surface area contributed by atoms with Gasteiger partial charge in [0.05, 0.1) is 24.0 Å². The van der Waals surface area contributed by atoms with Crippen molar-refractivity contribution in [3.05, 3.63) is 35.7 Å². The Balaban J connectivity index is 1.35. The molecule has 4 rings (SSSR count). The molecule has 1 aliphatic carbocycles. The molecule has 1 atom stereocenters. The zero-order chi connectivity index (χ0) is 19.5. The molecule has 2 amide bonds. The minimum Gasteiger partial charge on any atom is -0.339 e. The van der Waals surface area contributed by atoms with E-state index >= 15 is 0 Å². The zero-order valence-corrected chi connectivity index (χ0v) is 16.0. The first-order valence-electron chi connectivity index (χ1n) is 9.77. The van der Waals surface area contributed by atoms with Crippen molar-refractivity contribution in [2.45, 2.75) is 51.0 Å². The number of rotatable bonds is 6. The van der Waals surface area contributed by atoms with Crippen LogP contribution < -0.4 is 0 Å². The van der Waals surface area contributed by atoms with Gasteiger partial charge < -0.3 is 14.3 Å². The molecule has 0 N–H and O–H groups in total. The highest BCUT2D eigenvalue weighted by Crippen LogP contribution is 2.35. The van der Waals surface area contributed by atoms with Gasteiger partial charge in [-0.2, -0.15) is 15.2 Å². The predicted molar refractivity (Wildman–Crippen MR) is 98.3 cm³/mol. The first kappa shape index (κ1) is 18.5. The third-order valence-corrected chi connectivity index (χ3v) is 5.64. The highest BCUT2D eigenvalue weighted by molar-refractivity contribution is 5.94. The maximum absolute atomic E-state index is 12.6. The maximum Gasteiger partial charge on any atom is 0.255 e. The molecule has 0 bridgehead atoms. The SMILES string of the molecule is CC(=O)N(CCc1noc(C2CCC2)n1)[C@H]1CCN(C(=O)c2ccnnc2)C1. The topological polar surface area (TPSA) is 105 Å². The summed E-state index contributed by atoms with van der Waals surface area (Å²) in [7, 11) is 0. The molecule has 1 saturated carbocycles. The Bertz CT molecular complexity index is 835. The molecule has 2 aromatic rings. The molecule has 3 heterocycles. The lowest BCUT2D eigenvalue weighted by Crippen LogP contribution is -2.42. The molecule has 2 aliphatic rings. The van der Waals surface area contributed by atoms with E-state index < -0.39 is 0 Å². The third-order valence-electron chi connectivity index (χ3n) is 5.64. The molecule has 2 fully saturated rings. The van der Waals surface area contributed by atoms with Crippen molar-refractivity contribution in [3.8, 4) is 0 Å². The van der Waals surface area contributed by atoms with Crippen LogP contribution in [0.1, 0.15) is 60.6 Å². The number of nitrogens with zero attached hydrogens (tertiary/aromatic N) is 6. The van der Waals surface area contributed by atoms with Crippen LogP contribution in [0.25, 0.3) is 0 Å². The molecule has 0 radical (unpaired) electrons. The van der Waals surface area contributed by atoms with Crippen LogP contribution in [-0.2, 0) is 11.2 Å². The first-order valence-corrected chi connectivity index (χ1v) is 9.77. The van der Waals surface area contributed by atoms with Crippen molar-refractivity contribution in [1.29, 1.82) is 0 Å². The summed E-state index contributed by atoms with van der Waals surface area (Å²) in [5, 5.41) is 11.5. The summed E-state index contributed by atoms with van der Waals surface area (Å²) in [6.07, 6.45) is 7.71. The van der Waals surface area contributed by atoms with E-state index in [-0.39, 0.29) is 17.9 Å². The average Bonchev–Trinajstić information content (AvgIpc) is 3.31. The maximum atomic E-state index is 12.6. The van der Waals surface area contributed by atoms with Gasteiger partial charge in [0.1, 0.15) is 0 Å². The van der Waals surface area contributed by atoms with Crippen LogP contribution in [0.4, 0.5) is 0 Å². The van der Waals surface area contributed by atoms with Gasteiger partial charge in [-0.25, -0.2) is 0 Å². The minimum absolute atomic E-state index is 0.00532. The van der Waals surface area contributed by atoms with Crippen LogP contribution in [0.15, 0.2) is 23.0 Å². The molecule has 1 aliphatic heterocycles. The number of likely N-dealkylation sites (tertiary alicyclic amines) is 1. The average molecular weight is 384 g/mol. The lowest BCUT2D eigenvalue weighted by atomic mass is 9.85. The van der Waals surface area contributed by atoms with Crippen molar-refractivity contribution >= 4 is 11.8 Å². The molecule has 0 unspecified atom stereocenters. The van der Waals surface area contributed by atoms with Gasteiger partial charge in [-0.05, 0) is 25.3 Å². The van der Waals surface area contributed by atoms with E-state index in [1.807, 2.05) is 4.90 Å². The van der Waals surface area contributed by atoms with Crippen molar-refractivity contribution in [2.24, 2.45) is 0 Å². The van der Waals surface area contributed by atoms with Crippen molar-refractivity contribution in [3.63, 3.8) is 0 Å². The number of carbonyl (C=O) groups is 2. The summed E-state index contributed by atoms with van der Waals surface area (Å²) in [4.78, 5) is 32.9. The van der Waals surface area contributed by atoms with E-state index in [4.69, 9.17) is 4.52 Å². The molecule has 0 aromatic carbocycles. The minimum atomic E-state index is -0.0794. The second-order valence-corrected chi connectivity index (χ2v) is 7.46. The number of aromatic nitrogens is 4. The quantitative estimate of drug-likeness (QED) is 0.742. The molecular weight excluding hydrogens is 360 g/mol. The Morgan fingerprint density at radius 2 is 2.14 bits per heavy atom. The molecule has 2 aromatic heterocycles. The summed E-state index contributed by atoms with van der Waals surface area (Å²) >= 11 is 0. The molecule has 28 heavy (non-hydrogen) atoms. The lowest BCUT2D eigenvalue weighted by Gasteiger charge is -2.27. The standard InChI is InChI=1S/C19H24N6O3/c1-13(26)25(10-7-17-22-18(28-23-17)14-3-2-4-14)16-6-9-24(12-16)19(27)15-5-8-20-21-11-15/h5,8,11,14,16H,2-4,6-7,9-10,12H2,1H3/t16-/m0/s1. The van der Waals surface area contributed by atoms with E-state index in [2.05, 4.69) is 20.3 Å². The zero-order valence-electron chi connectivity index (χ0n) is 16.0. The van der Waals surface area contributed by atoms with Crippen LogP contribution in [0.3, 0.4) is 0 Å². The Morgan fingerprint density at radius 3 is 2.82 bits per heavy atom. The highest BCUT2D eigenvalue weighted by atomic mass is 16.5. The van der Waals surface area contributed by atoms with Gasteiger partial charge in [0, 0.05) is 38.9 Å². The van der Waals surface area contributed by atoms with E-state index in [0.29, 0.717) is 43.4 Å². The van der Waals surface area contributed by atoms with Crippen LogP contribution >= 0.6 is 0 Å². The lowest BCUT2D eigenvalue weighted by molar-refractivity contribution is -0.130. The van der Waals surface area contributed by atoms with Crippen molar-refractivity contribution in [2.75, 3.05) is 19.6 Å². The summed E-state index contributed by atoms with van der Waals surface area (Å²) in [6, 6.07) is 1.65. The first-order chi connectivity index (χ1) is 13.6. The Labute approximate surface area is 163 Å². The molecule has 1 saturated heterocycles. The van der Waals surface area contributed by atoms with Gasteiger partial charge in [-0.15, -0.1) is 0 Å². The summed E-state index contributed by atoms with van der Waals surface area (Å²) in [5.41, 5.74) is 0.514. The molecule has 0 spiro atoms. The number of amides is 2. The summed E-state index contributed by atoms with van der Waals surface area (Å²) in [5.74, 6) is 1.68. The van der Waals surface area contributed by atoms with Crippen molar-refractivity contribution in [1.82, 2.24) is 30.1 Å². The Hall–Kier alpha value is -2.84. The van der Waals surface area contributed by atoms with Crippen LogP contribution in [0, 0.1) is 0 Å². The monoisotopic (exact) mass is 384 g/mol. The van der Waals surface area contributed by atoms with E-state index in [0.717, 1.165) is 25.2 Å². The fraction of sp³-hybridized carbons (Fsp3) is 0.579. The highest BCUT2D eigenvalue weighted by Gasteiger charge is 2.32. The number of hydrogen-bond acceptors (Lipinski definition) is 7. The molecular formula is C19H24N6O3. The largest absolute Gasteiger partial charge is 0.339 e. The fourth-order valence-corrected chi connectivity index (χ4v) is 3.79. The van der Waals surface area contributed by atoms with Crippen molar-refractivity contribution < 1.29 is 14.1 Å². The second kappa shape index (κ2) is 8.04. The van der Waals surface area contributed by atoms with Gasteiger partial charge in [-0.1, -0.05) is 11.6 Å². The number of carbonyl (C=O) groups excluding carboxylic acids is 2. The second-order valence-electron chi connectivity index (χ2n) is 7.46. The van der Waals surface area contributed by atoms with Gasteiger partial charge in [-0.3, -0.25) is 9.59 Å². The molecule has 148 valence electrons. The van der Waals surface area contributed by atoms with E-state index in [1.54, 1.807) is 17.9 Å². The van der Waals surface area contributed by atoms with Gasteiger partial charge in [0.25, 0.3) is 5.91 Å². The fourth-order valence-electron chi connectivity index (χ4n) is 3.79. The smallest absolute Gasteiger partial charge is 0.255 e. The Kier molecular flexibility index (Phi) is 5.31. The molecule has 9 nitrogen and oxygen atoms in total. The van der Waals surface area contributed by atoms with Gasteiger partial charge in [0.2, 0.25) is 11.8 Å².